The Bertz CT molecular complexity index is 706. The third-order valence-corrected chi connectivity index (χ3v) is 4.47. The number of nitrogens with zero attached hydrogens (tertiary/aromatic N) is 1. The number of halogens is 1. The van der Waals surface area contributed by atoms with E-state index in [2.05, 4.69) is 10.5 Å². The first kappa shape index (κ1) is 12.9. The molecule has 21 heavy (non-hydrogen) atoms. The molecule has 1 saturated carbocycles. The molecule has 2 aromatic rings. The van der Waals surface area contributed by atoms with Crippen molar-refractivity contribution >= 4 is 17.5 Å². The van der Waals surface area contributed by atoms with Crippen LogP contribution in [-0.2, 0) is 6.42 Å². The van der Waals surface area contributed by atoms with E-state index in [1.54, 1.807) is 6.07 Å². The fraction of sp³-hybridized carbons (Fsp3) is 0.375. The summed E-state index contributed by atoms with van der Waals surface area (Å²) in [4.78, 5) is 12.3. The highest BCUT2D eigenvalue weighted by Crippen LogP contribution is 2.39. The van der Waals surface area contributed by atoms with Crippen LogP contribution in [0.2, 0.25) is 5.02 Å². The first-order chi connectivity index (χ1) is 10.2. The summed E-state index contributed by atoms with van der Waals surface area (Å²) < 4.78 is 5.16. The topological polar surface area (TPSA) is 55.1 Å². The molecule has 1 aromatic heterocycles. The molecule has 108 valence electrons. The Kier molecular flexibility index (Phi) is 3.00. The molecule has 1 heterocycles. The highest BCUT2D eigenvalue weighted by molar-refractivity contribution is 6.30. The summed E-state index contributed by atoms with van der Waals surface area (Å²) in [6.07, 6.45) is 4.12. The van der Waals surface area contributed by atoms with Crippen molar-refractivity contribution in [1.29, 1.82) is 0 Å². The molecule has 5 heteroatoms. The number of nitrogens with one attached hydrogen (secondary N) is 1. The third-order valence-electron chi connectivity index (χ3n) is 4.24. The highest BCUT2D eigenvalue weighted by Gasteiger charge is 2.30. The standard InChI is InChI=1S/C16H15ClN2O2/c17-11-4-5-12-10(7-11)3-6-13(12)18-16(20)15-8-14(19-21-15)9-1-2-9/h4-5,7-9,13H,1-3,6H2,(H,18,20). The Morgan fingerprint density at radius 3 is 2.95 bits per heavy atom. The number of carbonyl (C=O) groups is 1. The van der Waals surface area contributed by atoms with Gasteiger partial charge in [-0.25, -0.2) is 0 Å². The van der Waals surface area contributed by atoms with Crippen molar-refractivity contribution in [1.82, 2.24) is 10.5 Å². The van der Waals surface area contributed by atoms with Gasteiger partial charge < -0.3 is 9.84 Å². The molecule has 2 aliphatic carbocycles. The Morgan fingerprint density at radius 1 is 1.29 bits per heavy atom. The molecule has 4 rings (SSSR count). The van der Waals surface area contributed by atoms with Crippen LogP contribution in [0.5, 0.6) is 0 Å². The van der Waals surface area contributed by atoms with Crippen molar-refractivity contribution < 1.29 is 9.32 Å². The Hall–Kier alpha value is -1.81. The van der Waals surface area contributed by atoms with Gasteiger partial charge in [-0.15, -0.1) is 0 Å². The van der Waals surface area contributed by atoms with Crippen LogP contribution in [-0.4, -0.2) is 11.1 Å². The zero-order valence-electron chi connectivity index (χ0n) is 11.4. The molecular formula is C16H15ClN2O2. The van der Waals surface area contributed by atoms with E-state index in [9.17, 15) is 4.79 Å². The van der Waals surface area contributed by atoms with E-state index in [0.717, 1.165) is 42.0 Å². The van der Waals surface area contributed by atoms with Crippen molar-refractivity contribution in [2.75, 3.05) is 0 Å². The third kappa shape index (κ3) is 2.44. The van der Waals surface area contributed by atoms with E-state index < -0.39 is 0 Å². The second-order valence-corrected chi connectivity index (χ2v) is 6.23. The summed E-state index contributed by atoms with van der Waals surface area (Å²) in [6.45, 7) is 0. The van der Waals surface area contributed by atoms with Crippen molar-refractivity contribution in [3.05, 3.63) is 51.9 Å². The maximum Gasteiger partial charge on any atom is 0.290 e. The van der Waals surface area contributed by atoms with Crippen LogP contribution in [0.1, 0.15) is 58.6 Å². The van der Waals surface area contributed by atoms with Gasteiger partial charge in [-0.2, -0.15) is 0 Å². The summed E-state index contributed by atoms with van der Waals surface area (Å²) in [5.41, 5.74) is 3.26. The lowest BCUT2D eigenvalue weighted by Crippen LogP contribution is -2.26. The molecule has 1 unspecified atom stereocenters. The van der Waals surface area contributed by atoms with E-state index in [1.165, 1.54) is 5.56 Å². The molecule has 0 radical (unpaired) electrons. The molecule has 1 N–H and O–H groups in total. The maximum absolute atomic E-state index is 12.3. The van der Waals surface area contributed by atoms with E-state index in [0.29, 0.717) is 11.7 Å². The summed E-state index contributed by atoms with van der Waals surface area (Å²) in [6, 6.07) is 7.63. The first-order valence-electron chi connectivity index (χ1n) is 7.26. The van der Waals surface area contributed by atoms with Gasteiger partial charge >= 0.3 is 0 Å². The normalized spacial score (nSPS) is 20.3. The molecule has 0 spiro atoms. The lowest BCUT2D eigenvalue weighted by Gasteiger charge is -2.12. The maximum atomic E-state index is 12.3. The fourth-order valence-corrected chi connectivity index (χ4v) is 3.13. The molecule has 1 fully saturated rings. The number of benzene rings is 1. The SMILES string of the molecule is O=C(NC1CCc2cc(Cl)ccc21)c1cc(C2CC2)no1. The van der Waals surface area contributed by atoms with E-state index in [-0.39, 0.29) is 11.9 Å². The number of fused-ring (bicyclic) bond motifs is 1. The summed E-state index contributed by atoms with van der Waals surface area (Å²) in [5.74, 6) is 0.603. The number of hydrogen-bond acceptors (Lipinski definition) is 3. The Morgan fingerprint density at radius 2 is 2.14 bits per heavy atom. The number of carbonyl (C=O) groups excluding carboxylic acids is 1. The largest absolute Gasteiger partial charge is 0.351 e. The molecule has 1 aromatic carbocycles. The van der Waals surface area contributed by atoms with Crippen LogP contribution in [0.15, 0.2) is 28.8 Å². The molecule has 0 aliphatic heterocycles. The smallest absolute Gasteiger partial charge is 0.290 e. The quantitative estimate of drug-likeness (QED) is 0.942. The Labute approximate surface area is 127 Å². The van der Waals surface area contributed by atoms with Crippen molar-refractivity contribution in [3.8, 4) is 0 Å². The van der Waals surface area contributed by atoms with Crippen LogP contribution in [0.25, 0.3) is 0 Å². The minimum Gasteiger partial charge on any atom is -0.351 e. The van der Waals surface area contributed by atoms with E-state index in [1.807, 2.05) is 18.2 Å². The van der Waals surface area contributed by atoms with Crippen LogP contribution in [0.3, 0.4) is 0 Å². The molecule has 0 bridgehead atoms. The summed E-state index contributed by atoms with van der Waals surface area (Å²) >= 11 is 6.00. The minimum atomic E-state index is -0.192. The van der Waals surface area contributed by atoms with Crippen LogP contribution in [0, 0.1) is 0 Å². The van der Waals surface area contributed by atoms with E-state index >= 15 is 0 Å². The molecule has 1 amide bonds. The zero-order valence-corrected chi connectivity index (χ0v) is 12.2. The second kappa shape index (κ2) is 4.88. The van der Waals surface area contributed by atoms with Gasteiger partial charge in [-0.1, -0.05) is 22.8 Å². The average molecular weight is 303 g/mol. The van der Waals surface area contributed by atoms with Gasteiger partial charge in [0.25, 0.3) is 5.91 Å². The first-order valence-corrected chi connectivity index (χ1v) is 7.64. The van der Waals surface area contributed by atoms with Gasteiger partial charge in [0.15, 0.2) is 0 Å². The van der Waals surface area contributed by atoms with Gasteiger partial charge in [0.1, 0.15) is 0 Å². The van der Waals surface area contributed by atoms with Crippen LogP contribution < -0.4 is 5.32 Å². The predicted molar refractivity (Wildman–Crippen MR) is 78.5 cm³/mol. The van der Waals surface area contributed by atoms with Gasteiger partial charge in [-0.05, 0) is 48.9 Å². The van der Waals surface area contributed by atoms with E-state index in [4.69, 9.17) is 16.1 Å². The van der Waals surface area contributed by atoms with Crippen LogP contribution >= 0.6 is 11.6 Å². The monoisotopic (exact) mass is 302 g/mol. The number of aromatic nitrogens is 1. The van der Waals surface area contributed by atoms with Gasteiger partial charge in [0, 0.05) is 17.0 Å². The Balaban J connectivity index is 1.50. The molecule has 4 nitrogen and oxygen atoms in total. The van der Waals surface area contributed by atoms with Crippen molar-refractivity contribution in [2.45, 2.75) is 37.6 Å². The molecule has 2 aliphatic rings. The van der Waals surface area contributed by atoms with Crippen molar-refractivity contribution in [3.63, 3.8) is 0 Å². The molecule has 0 saturated heterocycles. The average Bonchev–Trinajstić information content (AvgIpc) is 3.07. The van der Waals surface area contributed by atoms with Gasteiger partial charge in [0.2, 0.25) is 5.76 Å². The van der Waals surface area contributed by atoms with Gasteiger partial charge in [-0.3, -0.25) is 4.79 Å². The predicted octanol–water partition coefficient (Wildman–Crippen LogP) is 3.62. The van der Waals surface area contributed by atoms with Gasteiger partial charge in [0.05, 0.1) is 11.7 Å². The number of amides is 1. The zero-order chi connectivity index (χ0) is 14.4. The lowest BCUT2D eigenvalue weighted by atomic mass is 10.1. The van der Waals surface area contributed by atoms with Crippen molar-refractivity contribution in [2.24, 2.45) is 0 Å². The molecule has 1 atom stereocenters. The lowest BCUT2D eigenvalue weighted by molar-refractivity contribution is 0.0899. The molecular weight excluding hydrogens is 288 g/mol. The fourth-order valence-electron chi connectivity index (χ4n) is 2.93. The number of aryl methyl sites for hydroxylation is 1. The number of hydrogen-bond donors (Lipinski definition) is 1. The minimum absolute atomic E-state index is 0.0271. The second-order valence-electron chi connectivity index (χ2n) is 5.80. The summed E-state index contributed by atoms with van der Waals surface area (Å²) in [5, 5.41) is 7.74. The highest BCUT2D eigenvalue weighted by atomic mass is 35.5. The number of rotatable bonds is 3. The van der Waals surface area contributed by atoms with Crippen LogP contribution in [0.4, 0.5) is 0 Å². The summed E-state index contributed by atoms with van der Waals surface area (Å²) in [7, 11) is 0.